The van der Waals surface area contributed by atoms with Crippen molar-refractivity contribution < 1.29 is 14.0 Å². The third kappa shape index (κ3) is 3.66. The van der Waals surface area contributed by atoms with E-state index in [0.29, 0.717) is 18.1 Å². The molecule has 2 amide bonds. The van der Waals surface area contributed by atoms with E-state index >= 15 is 0 Å². The number of likely N-dealkylation sites (tertiary alicyclic amines) is 1. The summed E-state index contributed by atoms with van der Waals surface area (Å²) in [6.45, 7) is 4.15. The number of rotatable bonds is 5. The molecule has 1 saturated carbocycles. The highest BCUT2D eigenvalue weighted by Gasteiger charge is 2.46. The van der Waals surface area contributed by atoms with Gasteiger partial charge in [-0.1, -0.05) is 24.3 Å². The van der Waals surface area contributed by atoms with Gasteiger partial charge in [-0.2, -0.15) is 0 Å². The number of carbonyl (C=O) groups is 2. The van der Waals surface area contributed by atoms with Crippen LogP contribution in [-0.2, 0) is 10.2 Å². The minimum absolute atomic E-state index is 0.0137. The van der Waals surface area contributed by atoms with Crippen molar-refractivity contribution in [3.8, 4) is 0 Å². The first-order chi connectivity index (χ1) is 14.5. The van der Waals surface area contributed by atoms with Crippen LogP contribution in [0.1, 0.15) is 71.9 Å². The van der Waals surface area contributed by atoms with Gasteiger partial charge < -0.3 is 14.6 Å². The lowest BCUT2D eigenvalue weighted by Gasteiger charge is -2.40. The van der Waals surface area contributed by atoms with Crippen molar-refractivity contribution >= 4 is 11.8 Å². The van der Waals surface area contributed by atoms with Gasteiger partial charge in [-0.3, -0.25) is 9.59 Å². The lowest BCUT2D eigenvalue weighted by Crippen LogP contribution is -2.44. The number of nitrogens with one attached hydrogen (secondary N) is 1. The molecule has 2 heterocycles. The standard InChI is InChI=1S/C25H30N2O3/c1-17-6-9-22(30-17)24(29)27-12-10-25(11-13-27)15-19(20-4-2-3-5-21(20)25)14-23(28)26-16-18-7-8-18/h2-6,9,18-19H,7-8,10-16H2,1H3,(H,26,28)/t19-/m1/s1. The van der Waals surface area contributed by atoms with Crippen LogP contribution in [0.3, 0.4) is 0 Å². The second kappa shape index (κ2) is 7.60. The zero-order valence-electron chi connectivity index (χ0n) is 17.7. The van der Waals surface area contributed by atoms with Gasteiger partial charge in [-0.15, -0.1) is 0 Å². The summed E-state index contributed by atoms with van der Waals surface area (Å²) < 4.78 is 5.54. The van der Waals surface area contributed by atoms with Crippen LogP contribution in [0.15, 0.2) is 40.8 Å². The molecule has 30 heavy (non-hydrogen) atoms. The molecule has 1 spiro atoms. The Balaban J connectivity index is 1.27. The molecule has 158 valence electrons. The lowest BCUT2D eigenvalue weighted by atomic mass is 9.73. The zero-order valence-corrected chi connectivity index (χ0v) is 17.7. The molecule has 3 aliphatic rings. The van der Waals surface area contributed by atoms with Crippen LogP contribution in [0.4, 0.5) is 0 Å². The fourth-order valence-corrected chi connectivity index (χ4v) is 5.40. The van der Waals surface area contributed by atoms with E-state index in [2.05, 4.69) is 29.6 Å². The van der Waals surface area contributed by atoms with E-state index in [1.54, 1.807) is 6.07 Å². The molecule has 0 bridgehead atoms. The minimum Gasteiger partial charge on any atom is -0.456 e. The Kier molecular flexibility index (Phi) is 4.92. The summed E-state index contributed by atoms with van der Waals surface area (Å²) in [6, 6.07) is 12.2. The van der Waals surface area contributed by atoms with Crippen molar-refractivity contribution in [1.29, 1.82) is 0 Å². The van der Waals surface area contributed by atoms with E-state index in [1.807, 2.05) is 17.9 Å². The maximum atomic E-state index is 12.8. The molecular formula is C25H30N2O3. The average Bonchev–Trinajstić information content (AvgIpc) is 3.43. The number of aryl methyl sites for hydroxylation is 1. The molecule has 1 N–H and O–H groups in total. The van der Waals surface area contributed by atoms with E-state index in [-0.39, 0.29) is 23.1 Å². The summed E-state index contributed by atoms with van der Waals surface area (Å²) in [5.41, 5.74) is 2.81. The zero-order chi connectivity index (χ0) is 20.7. The van der Waals surface area contributed by atoms with Crippen molar-refractivity contribution in [2.75, 3.05) is 19.6 Å². The van der Waals surface area contributed by atoms with Crippen LogP contribution < -0.4 is 5.32 Å². The normalized spacial score (nSPS) is 22.2. The van der Waals surface area contributed by atoms with Gasteiger partial charge in [0, 0.05) is 26.1 Å². The first kappa shape index (κ1) is 19.4. The van der Waals surface area contributed by atoms with Crippen molar-refractivity contribution in [1.82, 2.24) is 10.2 Å². The number of amides is 2. The number of hydrogen-bond donors (Lipinski definition) is 1. The molecule has 1 saturated heterocycles. The maximum absolute atomic E-state index is 12.8. The number of benzene rings is 1. The SMILES string of the molecule is Cc1ccc(C(=O)N2CCC3(CC2)C[C@@H](CC(=O)NCC2CC2)c2ccccc23)o1. The molecule has 0 unspecified atom stereocenters. The molecule has 0 radical (unpaired) electrons. The molecule has 5 nitrogen and oxygen atoms in total. The van der Waals surface area contributed by atoms with Crippen molar-refractivity contribution in [3.63, 3.8) is 0 Å². The van der Waals surface area contributed by atoms with Gasteiger partial charge in [-0.05, 0) is 79.5 Å². The second-order valence-electron chi connectivity index (χ2n) is 9.42. The molecule has 2 fully saturated rings. The van der Waals surface area contributed by atoms with E-state index in [1.165, 1.54) is 24.0 Å². The van der Waals surface area contributed by atoms with Gasteiger partial charge in [0.25, 0.3) is 5.91 Å². The van der Waals surface area contributed by atoms with E-state index in [4.69, 9.17) is 4.42 Å². The van der Waals surface area contributed by atoms with Crippen LogP contribution >= 0.6 is 0 Å². The van der Waals surface area contributed by atoms with Crippen molar-refractivity contribution in [2.45, 2.75) is 56.8 Å². The third-order valence-electron chi connectivity index (χ3n) is 7.28. The fourth-order valence-electron chi connectivity index (χ4n) is 5.40. The Hall–Kier alpha value is -2.56. The quantitative estimate of drug-likeness (QED) is 0.811. The van der Waals surface area contributed by atoms with Gasteiger partial charge in [0.15, 0.2) is 5.76 Å². The molecule has 1 aromatic carbocycles. The predicted molar refractivity (Wildman–Crippen MR) is 114 cm³/mol. The number of carbonyl (C=O) groups excluding carboxylic acids is 2. The van der Waals surface area contributed by atoms with Crippen molar-refractivity contribution in [3.05, 3.63) is 59.0 Å². The van der Waals surface area contributed by atoms with Crippen molar-refractivity contribution in [2.24, 2.45) is 5.92 Å². The average molecular weight is 407 g/mol. The van der Waals surface area contributed by atoms with E-state index in [9.17, 15) is 9.59 Å². The summed E-state index contributed by atoms with van der Waals surface area (Å²) in [4.78, 5) is 27.2. The highest BCUT2D eigenvalue weighted by molar-refractivity contribution is 5.91. The number of nitrogens with zero attached hydrogens (tertiary/aromatic N) is 1. The van der Waals surface area contributed by atoms with Crippen LogP contribution in [0.25, 0.3) is 0 Å². The summed E-state index contributed by atoms with van der Waals surface area (Å²) in [6.07, 6.45) is 5.96. The van der Waals surface area contributed by atoms with E-state index < -0.39 is 0 Å². The Morgan fingerprint density at radius 1 is 1.13 bits per heavy atom. The van der Waals surface area contributed by atoms with Crippen LogP contribution in [0.2, 0.25) is 0 Å². The van der Waals surface area contributed by atoms with Crippen LogP contribution in [-0.4, -0.2) is 36.3 Å². The minimum atomic E-state index is -0.0137. The largest absolute Gasteiger partial charge is 0.456 e. The topological polar surface area (TPSA) is 62.6 Å². The number of piperidine rings is 1. The number of furan rings is 1. The molecule has 1 atom stereocenters. The molecule has 1 aromatic heterocycles. The van der Waals surface area contributed by atoms with Gasteiger partial charge in [0.05, 0.1) is 0 Å². The maximum Gasteiger partial charge on any atom is 0.289 e. The monoisotopic (exact) mass is 406 g/mol. The Labute approximate surface area is 177 Å². The Bertz CT molecular complexity index is 951. The molecule has 5 rings (SSSR count). The summed E-state index contributed by atoms with van der Waals surface area (Å²) in [5.74, 6) is 2.34. The lowest BCUT2D eigenvalue weighted by molar-refractivity contribution is -0.121. The van der Waals surface area contributed by atoms with Gasteiger partial charge in [0.2, 0.25) is 5.91 Å². The summed E-state index contributed by atoms with van der Waals surface area (Å²) in [7, 11) is 0. The molecule has 1 aliphatic heterocycles. The molecule has 2 aromatic rings. The van der Waals surface area contributed by atoms with Gasteiger partial charge in [-0.25, -0.2) is 0 Å². The van der Waals surface area contributed by atoms with E-state index in [0.717, 1.165) is 44.7 Å². The smallest absolute Gasteiger partial charge is 0.289 e. The number of fused-ring (bicyclic) bond motifs is 2. The second-order valence-corrected chi connectivity index (χ2v) is 9.42. The summed E-state index contributed by atoms with van der Waals surface area (Å²) >= 11 is 0. The highest BCUT2D eigenvalue weighted by Crippen LogP contribution is 2.52. The van der Waals surface area contributed by atoms with Crippen LogP contribution in [0, 0.1) is 12.8 Å². The summed E-state index contributed by atoms with van der Waals surface area (Å²) in [5, 5.41) is 3.13. The highest BCUT2D eigenvalue weighted by atomic mass is 16.3. The molecule has 5 heteroatoms. The van der Waals surface area contributed by atoms with Crippen LogP contribution in [0.5, 0.6) is 0 Å². The predicted octanol–water partition coefficient (Wildman–Crippen LogP) is 4.17. The third-order valence-corrected chi connectivity index (χ3v) is 7.28. The number of hydrogen-bond acceptors (Lipinski definition) is 3. The molecular weight excluding hydrogens is 376 g/mol. The Morgan fingerprint density at radius 3 is 2.60 bits per heavy atom. The fraction of sp³-hybridized carbons (Fsp3) is 0.520. The van der Waals surface area contributed by atoms with Gasteiger partial charge >= 0.3 is 0 Å². The van der Waals surface area contributed by atoms with Gasteiger partial charge in [0.1, 0.15) is 5.76 Å². The Morgan fingerprint density at radius 2 is 1.90 bits per heavy atom. The first-order valence-corrected chi connectivity index (χ1v) is 11.3. The first-order valence-electron chi connectivity index (χ1n) is 11.3. The molecule has 2 aliphatic carbocycles.